The van der Waals surface area contributed by atoms with E-state index in [0.717, 1.165) is 27.8 Å². The summed E-state index contributed by atoms with van der Waals surface area (Å²) in [5.41, 5.74) is 4.96. The molecule has 2 heterocycles. The molecule has 4 rings (SSSR count). The third kappa shape index (κ3) is 4.82. The largest absolute Gasteiger partial charge is 0.755 e. The predicted octanol–water partition coefficient (Wildman–Crippen LogP) is 4.12. The Hall–Kier alpha value is -3.21. The number of nitrogens with zero attached hydrogens (tertiary/aromatic N) is 5. The Morgan fingerprint density at radius 1 is 1.12 bits per heavy atom. The Morgan fingerprint density at radius 3 is 2.66 bits per heavy atom. The Balaban J connectivity index is 0.00000289. The van der Waals surface area contributed by atoms with Crippen molar-refractivity contribution in [3.63, 3.8) is 0 Å². The first-order chi connectivity index (χ1) is 14.8. The van der Waals surface area contributed by atoms with Gasteiger partial charge in [-0.25, -0.2) is 4.98 Å². The van der Waals surface area contributed by atoms with Gasteiger partial charge in [-0.2, -0.15) is 10.1 Å². The van der Waals surface area contributed by atoms with E-state index in [1.54, 1.807) is 12.3 Å². The van der Waals surface area contributed by atoms with Crippen LogP contribution in [0.4, 0.5) is 28.8 Å². The van der Waals surface area contributed by atoms with Gasteiger partial charge in [-0.3, -0.25) is 8.89 Å². The van der Waals surface area contributed by atoms with Crippen LogP contribution in [0.5, 0.6) is 0 Å². The van der Waals surface area contributed by atoms with Crippen molar-refractivity contribution in [3.05, 3.63) is 59.9 Å². The Kier molecular flexibility index (Phi) is 6.97. The quantitative estimate of drug-likeness (QED) is 0.406. The average molecular weight is 473 g/mol. The van der Waals surface area contributed by atoms with Crippen LogP contribution in [0, 0.1) is 13.8 Å². The summed E-state index contributed by atoms with van der Waals surface area (Å²) in [5, 5.41) is 8.80. The minimum atomic E-state index is -2.40. The van der Waals surface area contributed by atoms with Crippen molar-refractivity contribution in [2.75, 3.05) is 22.0 Å². The molecule has 0 fully saturated rings. The standard InChI is InChI=1S/C21H23N7O2S.ClH/c1-13-5-6-15(11-18(13)26-31(29)30)23-21-22-10-9-20(24-21)27(3)16-7-8-17-14(2)28(4)25-19(17)12-16;/h5-12,26H,1-4H3,(H,29,30)(H,22,23,24);1H/p-1. The highest BCUT2D eigenvalue weighted by Crippen LogP contribution is 2.28. The van der Waals surface area contributed by atoms with Crippen molar-refractivity contribution in [1.82, 2.24) is 19.7 Å². The molecule has 11 heteroatoms. The van der Waals surface area contributed by atoms with Gasteiger partial charge in [0.25, 0.3) is 0 Å². The molecule has 0 spiro atoms. The highest BCUT2D eigenvalue weighted by Gasteiger charge is 2.11. The lowest BCUT2D eigenvalue weighted by Gasteiger charge is -2.19. The van der Waals surface area contributed by atoms with Crippen molar-refractivity contribution in [3.8, 4) is 0 Å². The molecule has 1 atom stereocenters. The molecule has 0 aliphatic heterocycles. The first-order valence-corrected chi connectivity index (χ1v) is 10.6. The molecular formula is C21H23ClN7O2S-. The summed E-state index contributed by atoms with van der Waals surface area (Å²) in [7, 11) is 3.86. The number of anilines is 5. The van der Waals surface area contributed by atoms with Gasteiger partial charge in [0.1, 0.15) is 5.82 Å². The molecule has 4 aromatic rings. The summed E-state index contributed by atoms with van der Waals surface area (Å²) in [5.74, 6) is 1.10. The predicted molar refractivity (Wildman–Crippen MR) is 130 cm³/mol. The van der Waals surface area contributed by atoms with Crippen LogP contribution in [-0.2, 0) is 18.3 Å². The number of hydrogen-bond acceptors (Lipinski definition) is 7. The van der Waals surface area contributed by atoms with E-state index in [0.29, 0.717) is 23.1 Å². The Bertz CT molecular complexity index is 1290. The highest BCUT2D eigenvalue weighted by molar-refractivity contribution is 7.80. The number of fused-ring (bicyclic) bond motifs is 1. The summed E-state index contributed by atoms with van der Waals surface area (Å²) in [6, 6.07) is 13.3. The minimum Gasteiger partial charge on any atom is -0.755 e. The molecule has 9 nitrogen and oxygen atoms in total. The van der Waals surface area contributed by atoms with E-state index in [2.05, 4.69) is 31.2 Å². The van der Waals surface area contributed by atoms with Crippen LogP contribution in [-0.4, -0.2) is 35.6 Å². The molecule has 2 aromatic heterocycles. The lowest BCUT2D eigenvalue weighted by molar-refractivity contribution is 0.542. The molecule has 0 saturated heterocycles. The van der Waals surface area contributed by atoms with E-state index in [4.69, 9.17) is 0 Å². The molecule has 1 unspecified atom stereocenters. The molecule has 0 radical (unpaired) electrons. The van der Waals surface area contributed by atoms with Crippen LogP contribution in [0.3, 0.4) is 0 Å². The van der Waals surface area contributed by atoms with Crippen LogP contribution in [0.1, 0.15) is 11.3 Å². The van der Waals surface area contributed by atoms with E-state index in [1.807, 2.05) is 67.9 Å². The van der Waals surface area contributed by atoms with Crippen molar-refractivity contribution in [2.24, 2.45) is 7.05 Å². The van der Waals surface area contributed by atoms with Crippen LogP contribution in [0.2, 0.25) is 0 Å². The molecule has 2 aromatic carbocycles. The average Bonchev–Trinajstić information content (AvgIpc) is 3.03. The van der Waals surface area contributed by atoms with Crippen molar-refractivity contribution in [2.45, 2.75) is 13.8 Å². The number of aryl methyl sites for hydroxylation is 3. The third-order valence-corrected chi connectivity index (χ3v) is 5.56. The Morgan fingerprint density at radius 2 is 1.91 bits per heavy atom. The molecule has 168 valence electrons. The van der Waals surface area contributed by atoms with Gasteiger partial charge < -0.3 is 19.5 Å². The third-order valence-electron chi connectivity index (χ3n) is 5.17. The number of aromatic nitrogens is 4. The molecule has 0 saturated carbocycles. The van der Waals surface area contributed by atoms with Gasteiger partial charge in [0.2, 0.25) is 5.95 Å². The second kappa shape index (κ2) is 9.51. The van der Waals surface area contributed by atoms with E-state index in [1.165, 1.54) is 0 Å². The van der Waals surface area contributed by atoms with Crippen molar-refractivity contribution < 1.29 is 8.76 Å². The first-order valence-electron chi connectivity index (χ1n) is 9.55. The van der Waals surface area contributed by atoms with Crippen LogP contribution in [0.25, 0.3) is 10.9 Å². The summed E-state index contributed by atoms with van der Waals surface area (Å²) in [6.45, 7) is 3.87. The summed E-state index contributed by atoms with van der Waals surface area (Å²) < 4.78 is 26.2. The van der Waals surface area contributed by atoms with Gasteiger partial charge in [-0.05, 0) is 55.8 Å². The summed E-state index contributed by atoms with van der Waals surface area (Å²) in [6.07, 6.45) is 1.67. The molecule has 2 N–H and O–H groups in total. The molecular weight excluding hydrogens is 450 g/mol. The van der Waals surface area contributed by atoms with E-state index in [9.17, 15) is 8.76 Å². The second-order valence-electron chi connectivity index (χ2n) is 7.20. The van der Waals surface area contributed by atoms with Crippen LogP contribution < -0.4 is 14.9 Å². The van der Waals surface area contributed by atoms with Gasteiger partial charge in [-0.1, -0.05) is 6.07 Å². The fourth-order valence-electron chi connectivity index (χ4n) is 3.29. The van der Waals surface area contributed by atoms with E-state index in [-0.39, 0.29) is 12.4 Å². The summed E-state index contributed by atoms with van der Waals surface area (Å²) in [4.78, 5) is 10.8. The fourth-order valence-corrected chi connectivity index (χ4v) is 3.68. The van der Waals surface area contributed by atoms with Gasteiger partial charge in [0.05, 0.1) is 11.2 Å². The van der Waals surface area contributed by atoms with Crippen molar-refractivity contribution in [1.29, 1.82) is 0 Å². The van der Waals surface area contributed by atoms with Gasteiger partial charge in [-0.15, -0.1) is 12.4 Å². The molecule has 0 amide bonds. The number of halogens is 1. The van der Waals surface area contributed by atoms with Crippen LogP contribution in [0.15, 0.2) is 48.7 Å². The SMILES string of the molecule is Cc1ccc(Nc2nccc(N(C)c3ccc4c(C)n(C)nc4c3)n2)cc1NS(=O)[O-].Cl. The van der Waals surface area contributed by atoms with Crippen molar-refractivity contribution >= 4 is 63.4 Å². The maximum absolute atomic E-state index is 11.0. The molecule has 32 heavy (non-hydrogen) atoms. The lowest BCUT2D eigenvalue weighted by Crippen LogP contribution is -2.12. The minimum absolute atomic E-state index is 0. The normalized spacial score (nSPS) is 11.7. The number of benzene rings is 2. The monoisotopic (exact) mass is 472 g/mol. The smallest absolute Gasteiger partial charge is 0.229 e. The number of hydrogen-bond donors (Lipinski definition) is 2. The second-order valence-corrected chi connectivity index (χ2v) is 7.87. The van der Waals surface area contributed by atoms with Gasteiger partial charge >= 0.3 is 0 Å². The zero-order chi connectivity index (χ0) is 22.1. The Labute approximate surface area is 194 Å². The zero-order valence-electron chi connectivity index (χ0n) is 18.0. The zero-order valence-corrected chi connectivity index (χ0v) is 19.6. The number of nitrogens with one attached hydrogen (secondary N) is 2. The fraction of sp³-hybridized carbons (Fsp3) is 0.190. The highest BCUT2D eigenvalue weighted by atomic mass is 35.5. The molecule has 0 aliphatic rings. The maximum atomic E-state index is 11.0. The molecule has 0 bridgehead atoms. The van der Waals surface area contributed by atoms with Gasteiger partial charge in [0.15, 0.2) is 0 Å². The topological polar surface area (TPSA) is 111 Å². The van der Waals surface area contributed by atoms with Crippen LogP contribution >= 0.6 is 12.4 Å². The molecule has 0 aliphatic carbocycles. The first kappa shape index (κ1) is 23.5. The maximum Gasteiger partial charge on any atom is 0.229 e. The summed E-state index contributed by atoms with van der Waals surface area (Å²) >= 11 is -2.40. The van der Waals surface area contributed by atoms with E-state index >= 15 is 0 Å². The lowest BCUT2D eigenvalue weighted by atomic mass is 10.2. The number of rotatable bonds is 6. The van der Waals surface area contributed by atoms with E-state index < -0.39 is 11.3 Å². The van der Waals surface area contributed by atoms with Gasteiger partial charge in [0, 0.05) is 54.0 Å².